The molecule has 2 rings (SSSR count). The molecule has 9 heteroatoms. The third-order valence-electron chi connectivity index (χ3n) is 3.32. The van der Waals surface area contributed by atoms with Gasteiger partial charge in [-0.25, -0.2) is 0 Å². The summed E-state index contributed by atoms with van der Waals surface area (Å²) in [5.74, 6) is 0. The molecule has 0 bridgehead atoms. The van der Waals surface area contributed by atoms with E-state index in [1.54, 1.807) is 0 Å². The van der Waals surface area contributed by atoms with Crippen molar-refractivity contribution in [1.82, 2.24) is 9.78 Å². The van der Waals surface area contributed by atoms with Crippen molar-refractivity contribution in [2.24, 2.45) is 0 Å². The van der Waals surface area contributed by atoms with Crippen molar-refractivity contribution in [2.45, 2.75) is 19.2 Å². The summed E-state index contributed by atoms with van der Waals surface area (Å²) >= 11 is 6.01. The number of nitrogens with zero attached hydrogens (tertiary/aromatic N) is 2. The standard InChI is InChI=1S/C15H15ClF3N3O2/c1-9(24-2)7-20-12-8-21-22(14(23)13(12)16)11-5-3-4-10(6-11)15(17,18)19/h3-6,8-9,20H,7H2,1-2H3. The molecule has 1 aromatic carbocycles. The third-order valence-corrected chi connectivity index (χ3v) is 3.68. The van der Waals surface area contributed by atoms with Crippen molar-refractivity contribution in [3.8, 4) is 5.69 Å². The average Bonchev–Trinajstić information content (AvgIpc) is 2.55. The van der Waals surface area contributed by atoms with Crippen molar-refractivity contribution in [2.75, 3.05) is 19.0 Å². The fourth-order valence-electron chi connectivity index (χ4n) is 1.89. The van der Waals surface area contributed by atoms with Crippen LogP contribution in [-0.4, -0.2) is 29.5 Å². The second-order valence-corrected chi connectivity index (χ2v) is 5.44. The van der Waals surface area contributed by atoms with Crippen molar-refractivity contribution >= 4 is 17.3 Å². The van der Waals surface area contributed by atoms with Gasteiger partial charge in [-0.05, 0) is 25.1 Å². The molecule has 1 heterocycles. The normalized spacial score (nSPS) is 12.9. The second-order valence-electron chi connectivity index (χ2n) is 5.06. The van der Waals surface area contributed by atoms with Crippen LogP contribution in [0.2, 0.25) is 5.02 Å². The molecule has 0 aliphatic carbocycles. The van der Waals surface area contributed by atoms with Crippen molar-refractivity contribution < 1.29 is 17.9 Å². The topological polar surface area (TPSA) is 56.1 Å². The Labute approximate surface area is 141 Å². The molecule has 0 radical (unpaired) electrons. The van der Waals surface area contributed by atoms with Crippen molar-refractivity contribution in [3.63, 3.8) is 0 Å². The zero-order valence-electron chi connectivity index (χ0n) is 12.9. The van der Waals surface area contributed by atoms with Gasteiger partial charge in [0, 0.05) is 13.7 Å². The van der Waals surface area contributed by atoms with E-state index in [1.165, 1.54) is 25.4 Å². The quantitative estimate of drug-likeness (QED) is 0.887. The van der Waals surface area contributed by atoms with E-state index in [0.29, 0.717) is 6.54 Å². The summed E-state index contributed by atoms with van der Waals surface area (Å²) in [5.41, 5.74) is -1.32. The van der Waals surface area contributed by atoms with Gasteiger partial charge in [-0.1, -0.05) is 17.7 Å². The molecular formula is C15H15ClF3N3O2. The third kappa shape index (κ3) is 4.07. The molecule has 0 aliphatic rings. The molecule has 0 saturated heterocycles. The van der Waals surface area contributed by atoms with E-state index in [-0.39, 0.29) is 22.5 Å². The van der Waals surface area contributed by atoms with Gasteiger partial charge in [-0.2, -0.15) is 23.0 Å². The maximum Gasteiger partial charge on any atom is 0.416 e. The molecule has 130 valence electrons. The monoisotopic (exact) mass is 361 g/mol. The Morgan fingerprint density at radius 3 is 2.75 bits per heavy atom. The minimum atomic E-state index is -4.51. The zero-order chi connectivity index (χ0) is 17.9. The summed E-state index contributed by atoms with van der Waals surface area (Å²) in [6.45, 7) is 2.21. The van der Waals surface area contributed by atoms with Crippen LogP contribution in [-0.2, 0) is 10.9 Å². The molecule has 1 aromatic heterocycles. The van der Waals surface area contributed by atoms with Crippen LogP contribution in [0.3, 0.4) is 0 Å². The second kappa shape index (κ2) is 7.23. The minimum absolute atomic E-state index is 0.0199. The van der Waals surface area contributed by atoms with Crippen LogP contribution in [0, 0.1) is 0 Å². The summed E-state index contributed by atoms with van der Waals surface area (Å²) in [5, 5.41) is 6.63. The molecule has 24 heavy (non-hydrogen) atoms. The molecule has 0 amide bonds. The Kier molecular flexibility index (Phi) is 5.51. The van der Waals surface area contributed by atoms with E-state index >= 15 is 0 Å². The molecule has 0 saturated carbocycles. The first-order chi connectivity index (χ1) is 11.2. The van der Waals surface area contributed by atoms with Gasteiger partial charge in [0.05, 0.1) is 29.2 Å². The van der Waals surface area contributed by atoms with E-state index in [0.717, 1.165) is 16.8 Å². The average molecular weight is 362 g/mol. The predicted molar refractivity (Wildman–Crippen MR) is 84.8 cm³/mol. The van der Waals surface area contributed by atoms with E-state index in [1.807, 2.05) is 6.92 Å². The molecule has 1 unspecified atom stereocenters. The Hall–Kier alpha value is -2.06. The molecule has 0 spiro atoms. The number of nitrogens with one attached hydrogen (secondary N) is 1. The largest absolute Gasteiger partial charge is 0.416 e. The van der Waals surface area contributed by atoms with Crippen LogP contribution < -0.4 is 10.9 Å². The first-order valence-electron chi connectivity index (χ1n) is 6.96. The summed E-state index contributed by atoms with van der Waals surface area (Å²) in [6.07, 6.45) is -3.35. The highest BCUT2D eigenvalue weighted by Crippen LogP contribution is 2.30. The summed E-state index contributed by atoms with van der Waals surface area (Å²) in [6, 6.07) is 4.30. The van der Waals surface area contributed by atoms with Gasteiger partial charge >= 0.3 is 6.18 Å². The van der Waals surface area contributed by atoms with Gasteiger partial charge in [0.2, 0.25) is 0 Å². The number of halogens is 4. The lowest BCUT2D eigenvalue weighted by molar-refractivity contribution is -0.137. The van der Waals surface area contributed by atoms with Crippen LogP contribution in [0.1, 0.15) is 12.5 Å². The molecule has 0 fully saturated rings. The van der Waals surface area contributed by atoms with Gasteiger partial charge in [-0.3, -0.25) is 4.79 Å². The minimum Gasteiger partial charge on any atom is -0.380 e. The number of benzene rings is 1. The predicted octanol–water partition coefficient (Wildman–Crippen LogP) is 3.35. The molecule has 0 aliphatic heterocycles. The molecule has 1 atom stereocenters. The van der Waals surface area contributed by atoms with Crippen molar-refractivity contribution in [3.05, 3.63) is 51.4 Å². The smallest absolute Gasteiger partial charge is 0.380 e. The SMILES string of the molecule is COC(C)CNc1cnn(-c2cccc(C(F)(F)F)c2)c(=O)c1Cl. The van der Waals surface area contributed by atoms with Crippen molar-refractivity contribution in [1.29, 1.82) is 0 Å². The number of ether oxygens (including phenoxy) is 1. The highest BCUT2D eigenvalue weighted by Gasteiger charge is 2.30. The number of hydrogen-bond donors (Lipinski definition) is 1. The molecule has 2 aromatic rings. The summed E-state index contributed by atoms with van der Waals surface area (Å²) < 4.78 is 44.2. The summed E-state index contributed by atoms with van der Waals surface area (Å²) in [4.78, 5) is 12.3. The lowest BCUT2D eigenvalue weighted by Crippen LogP contribution is -2.25. The van der Waals surface area contributed by atoms with Gasteiger partial charge in [0.25, 0.3) is 5.56 Å². The van der Waals surface area contributed by atoms with Crippen LogP contribution in [0.5, 0.6) is 0 Å². The number of rotatable bonds is 5. The van der Waals surface area contributed by atoms with E-state index in [4.69, 9.17) is 16.3 Å². The first kappa shape index (κ1) is 18.3. The number of methoxy groups -OCH3 is 1. The van der Waals surface area contributed by atoms with Gasteiger partial charge in [0.1, 0.15) is 5.02 Å². The zero-order valence-corrected chi connectivity index (χ0v) is 13.6. The fourth-order valence-corrected chi connectivity index (χ4v) is 2.09. The Bertz CT molecular complexity index is 777. The number of anilines is 1. The number of alkyl halides is 3. The highest BCUT2D eigenvalue weighted by molar-refractivity contribution is 6.32. The molecule has 5 nitrogen and oxygen atoms in total. The Morgan fingerprint density at radius 1 is 1.42 bits per heavy atom. The van der Waals surface area contributed by atoms with E-state index in [9.17, 15) is 18.0 Å². The van der Waals surface area contributed by atoms with Crippen LogP contribution in [0.25, 0.3) is 5.69 Å². The summed E-state index contributed by atoms with van der Waals surface area (Å²) in [7, 11) is 1.54. The highest BCUT2D eigenvalue weighted by atomic mass is 35.5. The Morgan fingerprint density at radius 2 is 2.12 bits per heavy atom. The van der Waals surface area contributed by atoms with Crippen LogP contribution in [0.15, 0.2) is 35.3 Å². The van der Waals surface area contributed by atoms with Crippen LogP contribution >= 0.6 is 11.6 Å². The maximum absolute atomic E-state index is 12.8. The first-order valence-corrected chi connectivity index (χ1v) is 7.34. The molecular weight excluding hydrogens is 347 g/mol. The van der Waals surface area contributed by atoms with Gasteiger partial charge in [0.15, 0.2) is 0 Å². The van der Waals surface area contributed by atoms with Gasteiger partial charge < -0.3 is 10.1 Å². The van der Waals surface area contributed by atoms with E-state index < -0.39 is 17.3 Å². The van der Waals surface area contributed by atoms with E-state index in [2.05, 4.69) is 10.4 Å². The lowest BCUT2D eigenvalue weighted by Gasteiger charge is -2.14. The number of hydrogen-bond acceptors (Lipinski definition) is 4. The number of aromatic nitrogens is 2. The fraction of sp³-hybridized carbons (Fsp3) is 0.333. The van der Waals surface area contributed by atoms with Crippen LogP contribution in [0.4, 0.5) is 18.9 Å². The molecule has 1 N–H and O–H groups in total. The Balaban J connectivity index is 2.36. The lowest BCUT2D eigenvalue weighted by atomic mass is 10.2. The van der Waals surface area contributed by atoms with Gasteiger partial charge in [-0.15, -0.1) is 0 Å². The maximum atomic E-state index is 12.8.